The van der Waals surface area contributed by atoms with Crippen molar-refractivity contribution in [3.8, 4) is 0 Å². The summed E-state index contributed by atoms with van der Waals surface area (Å²) in [6, 6.07) is 15.1. The van der Waals surface area contributed by atoms with E-state index in [1.54, 1.807) is 21.1 Å². The number of rotatable bonds is 12. The van der Waals surface area contributed by atoms with Crippen LogP contribution in [0.3, 0.4) is 0 Å². The summed E-state index contributed by atoms with van der Waals surface area (Å²) in [5.41, 5.74) is 5.52. The Kier molecular flexibility index (Phi) is 14.1. The standard InChI is InChI=1S/C29H37FO3.C2H6/c1-20(2)17-24-9-7-8-10-28(24)29(23-12-14-25(30)15-13-23)21(3)11-16-26(32-5)19-27(33-6)18-22(4)31;1-2/h7-16,20,26-27H,17-19H2,1-6H3;1-2H3/b16-11+,29-21+;/t26-,27+;/m1./s1. The summed E-state index contributed by atoms with van der Waals surface area (Å²) in [7, 11) is 3.28. The number of hydrogen-bond donors (Lipinski definition) is 0. The summed E-state index contributed by atoms with van der Waals surface area (Å²) in [6.45, 7) is 12.1. The van der Waals surface area contributed by atoms with Gasteiger partial charge < -0.3 is 9.47 Å². The van der Waals surface area contributed by atoms with E-state index in [1.807, 2.05) is 38.1 Å². The van der Waals surface area contributed by atoms with Crippen molar-refractivity contribution < 1.29 is 18.7 Å². The van der Waals surface area contributed by atoms with E-state index in [1.165, 1.54) is 17.7 Å². The van der Waals surface area contributed by atoms with Crippen molar-refractivity contribution in [3.05, 3.63) is 88.8 Å². The molecule has 2 aromatic rings. The van der Waals surface area contributed by atoms with Gasteiger partial charge in [0.2, 0.25) is 0 Å². The van der Waals surface area contributed by atoms with Gasteiger partial charge in [0.15, 0.2) is 0 Å². The van der Waals surface area contributed by atoms with Crippen LogP contribution < -0.4 is 0 Å². The number of allylic oxidation sites excluding steroid dienone is 2. The van der Waals surface area contributed by atoms with Crippen LogP contribution in [0.25, 0.3) is 5.57 Å². The molecule has 0 aromatic heterocycles. The maximum atomic E-state index is 13.7. The van der Waals surface area contributed by atoms with Crippen LogP contribution in [0.5, 0.6) is 0 Å². The topological polar surface area (TPSA) is 35.5 Å². The van der Waals surface area contributed by atoms with Gasteiger partial charge in [-0.3, -0.25) is 4.79 Å². The minimum Gasteiger partial charge on any atom is -0.381 e. The number of methoxy groups -OCH3 is 2. The lowest BCUT2D eigenvalue weighted by Gasteiger charge is -2.19. The first-order valence-electron chi connectivity index (χ1n) is 12.5. The molecule has 0 radical (unpaired) electrons. The average molecular weight is 483 g/mol. The third-order valence-corrected chi connectivity index (χ3v) is 5.65. The van der Waals surface area contributed by atoms with Gasteiger partial charge in [-0.1, -0.05) is 76.2 Å². The van der Waals surface area contributed by atoms with Crippen molar-refractivity contribution in [3.63, 3.8) is 0 Å². The number of hydrogen-bond acceptors (Lipinski definition) is 3. The van der Waals surface area contributed by atoms with Gasteiger partial charge in [-0.05, 0) is 66.2 Å². The Hall–Kier alpha value is -2.56. The Balaban J connectivity index is 0.00000298. The summed E-state index contributed by atoms with van der Waals surface area (Å²) in [5, 5.41) is 0. The Morgan fingerprint density at radius 1 is 0.971 bits per heavy atom. The quantitative estimate of drug-likeness (QED) is 0.289. The minimum absolute atomic E-state index is 0.0946. The van der Waals surface area contributed by atoms with Crippen LogP contribution in [0.15, 0.2) is 66.3 Å². The molecule has 2 rings (SSSR count). The maximum absolute atomic E-state index is 13.7. The van der Waals surface area contributed by atoms with E-state index in [0.717, 1.165) is 28.7 Å². The number of halogens is 1. The fourth-order valence-electron chi connectivity index (χ4n) is 4.03. The van der Waals surface area contributed by atoms with Crippen LogP contribution in [0.2, 0.25) is 0 Å². The molecule has 2 atom stereocenters. The van der Waals surface area contributed by atoms with Gasteiger partial charge in [0, 0.05) is 27.1 Å². The highest BCUT2D eigenvalue weighted by molar-refractivity contribution is 5.84. The van der Waals surface area contributed by atoms with Gasteiger partial charge in [0.25, 0.3) is 0 Å². The summed E-state index contributed by atoms with van der Waals surface area (Å²) in [4.78, 5) is 11.5. The molecule has 0 bridgehead atoms. The zero-order valence-corrected chi connectivity index (χ0v) is 22.7. The van der Waals surface area contributed by atoms with Crippen LogP contribution in [0.1, 0.15) is 71.1 Å². The molecule has 0 N–H and O–H groups in total. The lowest BCUT2D eigenvalue weighted by Crippen LogP contribution is -2.22. The van der Waals surface area contributed by atoms with E-state index in [4.69, 9.17) is 9.47 Å². The molecule has 0 saturated heterocycles. The largest absolute Gasteiger partial charge is 0.381 e. The number of ether oxygens (including phenoxy) is 2. The molecule has 0 heterocycles. The van der Waals surface area contributed by atoms with Gasteiger partial charge in [-0.2, -0.15) is 0 Å². The Bertz CT molecular complexity index is 957. The Labute approximate surface area is 212 Å². The van der Waals surface area contributed by atoms with Gasteiger partial charge in [0.1, 0.15) is 11.6 Å². The first-order valence-corrected chi connectivity index (χ1v) is 12.5. The molecular formula is C31H43FO3. The zero-order valence-electron chi connectivity index (χ0n) is 22.7. The number of ketones is 1. The zero-order chi connectivity index (χ0) is 26.4. The van der Waals surface area contributed by atoms with Crippen LogP contribution in [0.4, 0.5) is 4.39 Å². The van der Waals surface area contributed by atoms with E-state index in [2.05, 4.69) is 45.0 Å². The van der Waals surface area contributed by atoms with E-state index in [9.17, 15) is 9.18 Å². The minimum atomic E-state index is -0.253. The van der Waals surface area contributed by atoms with E-state index in [-0.39, 0.29) is 23.8 Å². The molecule has 0 unspecified atom stereocenters. The Morgan fingerprint density at radius 3 is 2.14 bits per heavy atom. The summed E-state index contributed by atoms with van der Waals surface area (Å²) >= 11 is 0. The van der Waals surface area contributed by atoms with Crippen molar-refractivity contribution in [2.75, 3.05) is 14.2 Å². The molecule has 3 nitrogen and oxygen atoms in total. The second-order valence-corrected chi connectivity index (χ2v) is 8.95. The third-order valence-electron chi connectivity index (χ3n) is 5.65. The molecule has 4 heteroatoms. The molecule has 0 saturated carbocycles. The van der Waals surface area contributed by atoms with Crippen LogP contribution >= 0.6 is 0 Å². The molecule has 0 aliphatic heterocycles. The van der Waals surface area contributed by atoms with Crippen LogP contribution in [0, 0.1) is 11.7 Å². The molecule has 0 aliphatic carbocycles. The van der Waals surface area contributed by atoms with E-state index < -0.39 is 0 Å². The molecule has 0 fully saturated rings. The summed E-state index contributed by atoms with van der Waals surface area (Å²) in [5.74, 6) is 0.357. The van der Waals surface area contributed by atoms with Crippen molar-refractivity contribution >= 4 is 11.4 Å². The smallest absolute Gasteiger partial charge is 0.132 e. The molecule has 35 heavy (non-hydrogen) atoms. The molecular weight excluding hydrogens is 439 g/mol. The summed E-state index contributed by atoms with van der Waals surface area (Å²) < 4.78 is 24.8. The third kappa shape index (κ3) is 10.3. The lowest BCUT2D eigenvalue weighted by atomic mass is 9.87. The highest BCUT2D eigenvalue weighted by Gasteiger charge is 2.17. The molecule has 0 amide bonds. The number of carbonyl (C=O) groups excluding carboxylic acids is 1. The molecule has 192 valence electrons. The second kappa shape index (κ2) is 16.2. The normalized spacial score (nSPS) is 13.8. The van der Waals surface area contributed by atoms with E-state index in [0.29, 0.717) is 18.8 Å². The van der Waals surface area contributed by atoms with Crippen LogP contribution in [-0.2, 0) is 20.7 Å². The first-order chi connectivity index (χ1) is 16.7. The molecule has 2 aromatic carbocycles. The van der Waals surface area contributed by atoms with E-state index >= 15 is 0 Å². The fraction of sp³-hybridized carbons (Fsp3) is 0.452. The monoisotopic (exact) mass is 482 g/mol. The predicted molar refractivity (Wildman–Crippen MR) is 145 cm³/mol. The number of benzene rings is 2. The second-order valence-electron chi connectivity index (χ2n) is 8.95. The van der Waals surface area contributed by atoms with Crippen molar-refractivity contribution in [1.29, 1.82) is 0 Å². The maximum Gasteiger partial charge on any atom is 0.132 e. The predicted octanol–water partition coefficient (Wildman–Crippen LogP) is 7.83. The highest BCUT2D eigenvalue weighted by atomic mass is 19.1. The SMILES string of the molecule is CC.CO[C@@H](CC(C)=O)C[C@@H](/C=C/C(C)=C(\c1ccc(F)cc1)c1ccccc1CC(C)C)OC. The highest BCUT2D eigenvalue weighted by Crippen LogP contribution is 2.31. The number of Topliss-reactive ketones (excluding diaryl/α,β-unsaturated/α-hetero) is 1. The van der Waals surface area contributed by atoms with Gasteiger partial charge in [0.05, 0.1) is 12.2 Å². The first kappa shape index (κ1) is 30.5. The lowest BCUT2D eigenvalue weighted by molar-refractivity contribution is -0.119. The Morgan fingerprint density at radius 2 is 1.60 bits per heavy atom. The average Bonchev–Trinajstić information content (AvgIpc) is 2.84. The van der Waals surface area contributed by atoms with Gasteiger partial charge in [-0.25, -0.2) is 4.39 Å². The number of carbonyl (C=O) groups is 1. The van der Waals surface area contributed by atoms with Crippen LogP contribution in [-0.4, -0.2) is 32.2 Å². The summed E-state index contributed by atoms with van der Waals surface area (Å²) in [6.07, 6.45) is 5.60. The molecule has 0 spiro atoms. The van der Waals surface area contributed by atoms with Crippen molar-refractivity contribution in [1.82, 2.24) is 0 Å². The van der Waals surface area contributed by atoms with Gasteiger partial charge >= 0.3 is 0 Å². The van der Waals surface area contributed by atoms with Crippen molar-refractivity contribution in [2.45, 2.75) is 73.0 Å². The van der Waals surface area contributed by atoms with Gasteiger partial charge in [-0.15, -0.1) is 0 Å². The molecule has 0 aliphatic rings. The fourth-order valence-corrected chi connectivity index (χ4v) is 4.03. The van der Waals surface area contributed by atoms with Crippen molar-refractivity contribution in [2.24, 2.45) is 5.92 Å².